The van der Waals surface area contributed by atoms with E-state index < -0.39 is 12.0 Å². The van der Waals surface area contributed by atoms with Crippen LogP contribution in [-0.2, 0) is 16.0 Å². The maximum absolute atomic E-state index is 11.8. The van der Waals surface area contributed by atoms with Gasteiger partial charge < -0.3 is 15.2 Å². The molecule has 1 unspecified atom stereocenters. The van der Waals surface area contributed by atoms with Gasteiger partial charge in [0.15, 0.2) is 0 Å². The molecule has 0 spiro atoms. The number of ether oxygens (including phenoxy) is 1. The van der Waals surface area contributed by atoms with E-state index in [1.54, 1.807) is 14.0 Å². The van der Waals surface area contributed by atoms with Crippen LogP contribution in [0.5, 0.6) is 5.75 Å². The molecule has 1 aromatic carbocycles. The fraction of sp³-hybridized carbons (Fsp3) is 0.529. The first kappa shape index (κ1) is 19.0. The Labute approximate surface area is 137 Å². The number of carbonyl (C=O) groups is 2. The van der Waals surface area contributed by atoms with Gasteiger partial charge in [-0.1, -0.05) is 12.1 Å². The molecular formula is C17H26N2O4. The van der Waals surface area contributed by atoms with Gasteiger partial charge in [0.25, 0.3) is 0 Å². The van der Waals surface area contributed by atoms with Gasteiger partial charge in [-0.2, -0.15) is 0 Å². The van der Waals surface area contributed by atoms with Gasteiger partial charge in [0.1, 0.15) is 11.8 Å². The molecule has 0 radical (unpaired) electrons. The monoisotopic (exact) mass is 322 g/mol. The summed E-state index contributed by atoms with van der Waals surface area (Å²) in [7, 11) is 1.62. The first-order valence-corrected chi connectivity index (χ1v) is 7.75. The second-order valence-electron chi connectivity index (χ2n) is 5.84. The Morgan fingerprint density at radius 2 is 1.83 bits per heavy atom. The summed E-state index contributed by atoms with van der Waals surface area (Å²) in [6, 6.07) is 7.10. The Morgan fingerprint density at radius 3 is 2.35 bits per heavy atom. The maximum Gasteiger partial charge on any atom is 0.320 e. The summed E-state index contributed by atoms with van der Waals surface area (Å²) in [5.41, 5.74) is 1.11. The molecule has 1 aromatic rings. The molecule has 6 heteroatoms. The van der Waals surface area contributed by atoms with E-state index in [9.17, 15) is 9.59 Å². The second kappa shape index (κ2) is 9.15. The number of carboxylic acids is 1. The standard InChI is InChI=1S/C17H26N2O4/c1-12(2)23-15-7-5-14(6-8-15)9-10-18-16(20)11-19(4)13(3)17(21)22/h5-8,12-13H,9-11H2,1-4H3,(H,18,20)(H,21,22). The normalized spacial score (nSPS) is 12.3. The highest BCUT2D eigenvalue weighted by Crippen LogP contribution is 2.13. The number of amides is 1. The van der Waals surface area contributed by atoms with E-state index in [1.807, 2.05) is 38.1 Å². The molecule has 1 atom stereocenters. The van der Waals surface area contributed by atoms with Gasteiger partial charge in [-0.3, -0.25) is 14.5 Å². The van der Waals surface area contributed by atoms with E-state index in [2.05, 4.69) is 5.32 Å². The second-order valence-corrected chi connectivity index (χ2v) is 5.84. The maximum atomic E-state index is 11.8. The van der Waals surface area contributed by atoms with Crippen LogP contribution in [0, 0.1) is 0 Å². The summed E-state index contributed by atoms with van der Waals surface area (Å²) in [5.74, 6) is -0.290. The minimum atomic E-state index is -0.941. The van der Waals surface area contributed by atoms with Gasteiger partial charge in [-0.15, -0.1) is 0 Å². The third-order valence-corrected chi connectivity index (χ3v) is 3.44. The minimum Gasteiger partial charge on any atom is -0.491 e. The molecule has 1 rings (SSSR count). The lowest BCUT2D eigenvalue weighted by Gasteiger charge is -2.20. The van der Waals surface area contributed by atoms with Crippen LogP contribution in [0.3, 0.4) is 0 Å². The molecule has 0 fully saturated rings. The number of carboxylic acid groups (broad SMARTS) is 1. The minimum absolute atomic E-state index is 0.0641. The van der Waals surface area contributed by atoms with E-state index in [4.69, 9.17) is 9.84 Å². The zero-order valence-corrected chi connectivity index (χ0v) is 14.2. The average molecular weight is 322 g/mol. The summed E-state index contributed by atoms with van der Waals surface area (Å²) in [4.78, 5) is 24.1. The van der Waals surface area contributed by atoms with E-state index in [0.717, 1.165) is 11.3 Å². The number of likely N-dealkylation sites (N-methyl/N-ethyl adjacent to an activating group) is 1. The molecule has 0 saturated carbocycles. The number of hydrogen-bond acceptors (Lipinski definition) is 4. The highest BCUT2D eigenvalue weighted by atomic mass is 16.5. The predicted octanol–water partition coefficient (Wildman–Crippen LogP) is 1.54. The average Bonchev–Trinajstić information content (AvgIpc) is 2.47. The van der Waals surface area contributed by atoms with Crippen LogP contribution >= 0.6 is 0 Å². The fourth-order valence-corrected chi connectivity index (χ4v) is 1.96. The number of nitrogens with zero attached hydrogens (tertiary/aromatic N) is 1. The van der Waals surface area contributed by atoms with Crippen molar-refractivity contribution in [2.45, 2.75) is 39.3 Å². The fourth-order valence-electron chi connectivity index (χ4n) is 1.96. The summed E-state index contributed by atoms with van der Waals surface area (Å²) >= 11 is 0. The molecule has 1 amide bonds. The highest BCUT2D eigenvalue weighted by Gasteiger charge is 2.18. The molecule has 0 aliphatic rings. The Balaban J connectivity index is 2.33. The van der Waals surface area contributed by atoms with Gasteiger partial charge in [-0.25, -0.2) is 0 Å². The molecule has 23 heavy (non-hydrogen) atoms. The van der Waals surface area contributed by atoms with Gasteiger partial charge in [0, 0.05) is 6.54 Å². The molecule has 0 aromatic heterocycles. The van der Waals surface area contributed by atoms with Crippen molar-refractivity contribution in [3.8, 4) is 5.75 Å². The third-order valence-electron chi connectivity index (χ3n) is 3.44. The summed E-state index contributed by atoms with van der Waals surface area (Å²) in [5, 5.41) is 11.7. The number of hydrogen-bond donors (Lipinski definition) is 2. The lowest BCUT2D eigenvalue weighted by molar-refractivity contribution is -0.142. The molecule has 0 aliphatic carbocycles. The Bertz CT molecular complexity index is 514. The molecule has 0 saturated heterocycles. The van der Waals surface area contributed by atoms with Gasteiger partial charge >= 0.3 is 5.97 Å². The molecule has 0 heterocycles. The zero-order chi connectivity index (χ0) is 17.4. The van der Waals surface area contributed by atoms with E-state index in [0.29, 0.717) is 13.0 Å². The van der Waals surface area contributed by atoms with Gasteiger partial charge in [0.2, 0.25) is 5.91 Å². The van der Waals surface area contributed by atoms with Gasteiger partial charge in [0.05, 0.1) is 12.6 Å². The summed E-state index contributed by atoms with van der Waals surface area (Å²) in [6.07, 6.45) is 0.858. The quantitative estimate of drug-likeness (QED) is 0.721. The molecular weight excluding hydrogens is 296 g/mol. The van der Waals surface area contributed by atoms with E-state index in [1.165, 1.54) is 4.90 Å². The summed E-state index contributed by atoms with van der Waals surface area (Å²) in [6.45, 7) is 6.08. The number of benzene rings is 1. The van der Waals surface area contributed by atoms with Crippen molar-refractivity contribution in [1.82, 2.24) is 10.2 Å². The molecule has 0 bridgehead atoms. The van der Waals surface area contributed by atoms with Crippen LogP contribution in [-0.4, -0.2) is 54.2 Å². The topological polar surface area (TPSA) is 78.9 Å². The Morgan fingerprint density at radius 1 is 1.22 bits per heavy atom. The SMILES string of the molecule is CC(C)Oc1ccc(CCNC(=O)CN(C)C(C)C(=O)O)cc1. The summed E-state index contributed by atoms with van der Waals surface area (Å²) < 4.78 is 5.57. The van der Waals surface area contributed by atoms with Crippen LogP contribution in [0.4, 0.5) is 0 Å². The highest BCUT2D eigenvalue weighted by molar-refractivity contribution is 5.79. The van der Waals surface area contributed by atoms with Crippen LogP contribution in [0.15, 0.2) is 24.3 Å². The van der Waals surface area contributed by atoms with Crippen molar-refractivity contribution in [1.29, 1.82) is 0 Å². The lowest BCUT2D eigenvalue weighted by atomic mass is 10.1. The van der Waals surface area contributed by atoms with Crippen molar-refractivity contribution in [2.75, 3.05) is 20.1 Å². The van der Waals surface area contributed by atoms with Crippen molar-refractivity contribution in [2.24, 2.45) is 0 Å². The van der Waals surface area contributed by atoms with Crippen LogP contribution < -0.4 is 10.1 Å². The van der Waals surface area contributed by atoms with Crippen LogP contribution in [0.1, 0.15) is 26.3 Å². The van der Waals surface area contributed by atoms with Crippen LogP contribution in [0.25, 0.3) is 0 Å². The van der Waals surface area contributed by atoms with Gasteiger partial charge in [-0.05, 0) is 51.9 Å². The third kappa shape index (κ3) is 7.15. The smallest absolute Gasteiger partial charge is 0.320 e. The Hall–Kier alpha value is -2.08. The molecule has 128 valence electrons. The van der Waals surface area contributed by atoms with Crippen molar-refractivity contribution in [3.63, 3.8) is 0 Å². The molecule has 2 N–H and O–H groups in total. The largest absolute Gasteiger partial charge is 0.491 e. The van der Waals surface area contributed by atoms with E-state index >= 15 is 0 Å². The number of rotatable bonds is 9. The number of aliphatic carboxylic acids is 1. The van der Waals surface area contributed by atoms with Crippen molar-refractivity contribution in [3.05, 3.63) is 29.8 Å². The van der Waals surface area contributed by atoms with Crippen LogP contribution in [0.2, 0.25) is 0 Å². The molecule has 6 nitrogen and oxygen atoms in total. The Kier molecular flexibility index (Phi) is 7.54. The number of nitrogens with one attached hydrogen (secondary N) is 1. The number of carbonyl (C=O) groups excluding carboxylic acids is 1. The van der Waals surface area contributed by atoms with Crippen molar-refractivity contribution < 1.29 is 19.4 Å². The molecule has 0 aliphatic heterocycles. The first-order valence-electron chi connectivity index (χ1n) is 7.75. The lowest BCUT2D eigenvalue weighted by Crippen LogP contribution is -2.43. The predicted molar refractivity (Wildman–Crippen MR) is 88.6 cm³/mol. The van der Waals surface area contributed by atoms with E-state index in [-0.39, 0.29) is 18.6 Å². The first-order chi connectivity index (χ1) is 10.8. The van der Waals surface area contributed by atoms with Crippen molar-refractivity contribution >= 4 is 11.9 Å². The zero-order valence-electron chi connectivity index (χ0n) is 14.2.